The molecule has 33 heavy (non-hydrogen) atoms. The van der Waals surface area contributed by atoms with E-state index in [0.29, 0.717) is 56.1 Å². The highest BCUT2D eigenvalue weighted by Crippen LogP contribution is 2.27. The third-order valence-electron chi connectivity index (χ3n) is 6.43. The largest absolute Gasteiger partial charge is 0.453 e. The number of alkyl halides is 3. The highest BCUT2D eigenvalue weighted by molar-refractivity contribution is 5.79. The van der Waals surface area contributed by atoms with Gasteiger partial charge in [-0.25, -0.2) is 9.50 Å². The minimum absolute atomic E-state index is 0.0195. The van der Waals surface area contributed by atoms with Crippen molar-refractivity contribution >= 4 is 17.6 Å². The van der Waals surface area contributed by atoms with Crippen LogP contribution in [-0.4, -0.2) is 91.9 Å². The SMILES string of the molecule is Cc1nc2nc(C(F)(F)F)nn2c(C)c1CCC(=O)N1CCN(CC(=O)N2CCCC2)CC1. The van der Waals surface area contributed by atoms with Gasteiger partial charge < -0.3 is 9.80 Å². The van der Waals surface area contributed by atoms with E-state index in [-0.39, 0.29) is 24.0 Å². The van der Waals surface area contributed by atoms with Crippen LogP contribution in [0.5, 0.6) is 0 Å². The molecule has 0 N–H and O–H groups in total. The molecule has 180 valence electrons. The summed E-state index contributed by atoms with van der Waals surface area (Å²) in [5, 5.41) is 3.55. The molecule has 0 atom stereocenters. The average Bonchev–Trinajstić information content (AvgIpc) is 3.44. The van der Waals surface area contributed by atoms with Crippen LogP contribution in [0, 0.1) is 13.8 Å². The van der Waals surface area contributed by atoms with Gasteiger partial charge in [0, 0.05) is 57.1 Å². The number of hydrogen-bond donors (Lipinski definition) is 0. The van der Waals surface area contributed by atoms with Gasteiger partial charge in [-0.05, 0) is 38.7 Å². The van der Waals surface area contributed by atoms with Crippen LogP contribution < -0.4 is 0 Å². The smallest absolute Gasteiger partial charge is 0.342 e. The summed E-state index contributed by atoms with van der Waals surface area (Å²) in [6, 6.07) is 0. The predicted octanol–water partition coefficient (Wildman–Crippen LogP) is 1.46. The Hall–Kier alpha value is -2.76. The van der Waals surface area contributed by atoms with Gasteiger partial charge >= 0.3 is 6.18 Å². The number of nitrogens with zero attached hydrogens (tertiary/aromatic N) is 7. The molecule has 2 aliphatic heterocycles. The standard InChI is InChI=1S/C21H28F3N7O2/c1-14-16(15(2)31-20(25-14)26-19(27-31)21(22,23)24)5-6-17(32)30-11-9-28(10-12-30)13-18(33)29-7-3-4-8-29/h3-13H2,1-2H3. The lowest BCUT2D eigenvalue weighted by Crippen LogP contribution is -2.51. The molecule has 2 fully saturated rings. The van der Waals surface area contributed by atoms with Crippen LogP contribution in [0.25, 0.3) is 5.78 Å². The van der Waals surface area contributed by atoms with Crippen LogP contribution in [0.2, 0.25) is 0 Å². The first-order chi connectivity index (χ1) is 15.6. The average molecular weight is 467 g/mol. The zero-order chi connectivity index (χ0) is 23.8. The normalized spacial score (nSPS) is 17.8. The van der Waals surface area contributed by atoms with Crippen molar-refractivity contribution in [1.82, 2.24) is 34.3 Å². The molecular formula is C21H28F3N7O2. The van der Waals surface area contributed by atoms with Crippen LogP contribution in [0.3, 0.4) is 0 Å². The second-order valence-electron chi connectivity index (χ2n) is 8.65. The molecule has 2 aliphatic rings. The third-order valence-corrected chi connectivity index (χ3v) is 6.43. The number of fused-ring (bicyclic) bond motifs is 1. The maximum atomic E-state index is 13.0. The predicted molar refractivity (Wildman–Crippen MR) is 112 cm³/mol. The first-order valence-electron chi connectivity index (χ1n) is 11.2. The first-order valence-corrected chi connectivity index (χ1v) is 11.2. The van der Waals surface area contributed by atoms with E-state index in [4.69, 9.17) is 0 Å². The van der Waals surface area contributed by atoms with Gasteiger partial charge in [0.05, 0.1) is 6.54 Å². The fourth-order valence-corrected chi connectivity index (χ4v) is 4.49. The molecule has 9 nitrogen and oxygen atoms in total. The molecule has 0 radical (unpaired) electrons. The van der Waals surface area contributed by atoms with Gasteiger partial charge in [-0.3, -0.25) is 14.5 Å². The van der Waals surface area contributed by atoms with Crippen molar-refractivity contribution in [3.05, 3.63) is 22.8 Å². The maximum absolute atomic E-state index is 13.0. The Morgan fingerprint density at radius 3 is 2.18 bits per heavy atom. The second-order valence-corrected chi connectivity index (χ2v) is 8.65. The second kappa shape index (κ2) is 9.24. The number of aromatic nitrogens is 4. The monoisotopic (exact) mass is 467 g/mol. The fourth-order valence-electron chi connectivity index (χ4n) is 4.49. The summed E-state index contributed by atoms with van der Waals surface area (Å²) in [6.45, 7) is 7.83. The van der Waals surface area contributed by atoms with Gasteiger partial charge in [0.2, 0.25) is 11.8 Å². The number of piperazine rings is 1. The molecule has 0 saturated carbocycles. The minimum Gasteiger partial charge on any atom is -0.342 e. The Morgan fingerprint density at radius 1 is 0.909 bits per heavy atom. The summed E-state index contributed by atoms with van der Waals surface area (Å²) < 4.78 is 40.0. The summed E-state index contributed by atoms with van der Waals surface area (Å²) in [6.07, 6.45) is -1.94. The zero-order valence-corrected chi connectivity index (χ0v) is 18.9. The quantitative estimate of drug-likeness (QED) is 0.662. The van der Waals surface area contributed by atoms with E-state index in [1.54, 1.807) is 18.7 Å². The van der Waals surface area contributed by atoms with Crippen LogP contribution in [0.15, 0.2) is 0 Å². The van der Waals surface area contributed by atoms with Crippen LogP contribution in [0.1, 0.15) is 42.0 Å². The summed E-state index contributed by atoms with van der Waals surface area (Å²) in [5.41, 5.74) is 1.74. The number of carbonyl (C=O) groups is 2. The molecule has 12 heteroatoms. The van der Waals surface area contributed by atoms with Gasteiger partial charge in [-0.2, -0.15) is 18.2 Å². The molecule has 0 spiro atoms. The van der Waals surface area contributed by atoms with E-state index in [1.807, 2.05) is 4.90 Å². The van der Waals surface area contributed by atoms with Crippen molar-refractivity contribution in [1.29, 1.82) is 0 Å². The molecule has 2 saturated heterocycles. The van der Waals surface area contributed by atoms with Crippen molar-refractivity contribution in [3.8, 4) is 0 Å². The summed E-state index contributed by atoms with van der Waals surface area (Å²) in [5.74, 6) is -1.20. The topological polar surface area (TPSA) is 86.9 Å². The van der Waals surface area contributed by atoms with Crippen LogP contribution in [0.4, 0.5) is 13.2 Å². The van der Waals surface area contributed by atoms with Crippen molar-refractivity contribution in [2.75, 3.05) is 45.8 Å². The third kappa shape index (κ3) is 5.10. The summed E-state index contributed by atoms with van der Waals surface area (Å²) in [7, 11) is 0. The molecule has 0 aromatic carbocycles. The van der Waals surface area contributed by atoms with Gasteiger partial charge in [-0.15, -0.1) is 5.10 Å². The van der Waals surface area contributed by atoms with E-state index in [9.17, 15) is 22.8 Å². The Morgan fingerprint density at radius 2 is 1.55 bits per heavy atom. The Kier molecular flexibility index (Phi) is 6.55. The van der Waals surface area contributed by atoms with E-state index >= 15 is 0 Å². The van der Waals surface area contributed by atoms with Crippen LogP contribution >= 0.6 is 0 Å². The van der Waals surface area contributed by atoms with Crippen molar-refractivity contribution < 1.29 is 22.8 Å². The number of aryl methyl sites for hydroxylation is 2. The molecular weight excluding hydrogens is 439 g/mol. The minimum atomic E-state index is -4.65. The molecule has 2 aromatic rings. The molecule has 4 rings (SSSR count). The Balaban J connectivity index is 1.33. The Bertz CT molecular complexity index is 1040. The lowest BCUT2D eigenvalue weighted by atomic mass is 10.1. The summed E-state index contributed by atoms with van der Waals surface area (Å²) in [4.78, 5) is 38.5. The lowest BCUT2D eigenvalue weighted by Gasteiger charge is -2.35. The van der Waals surface area contributed by atoms with E-state index in [1.165, 1.54) is 0 Å². The molecule has 2 amide bonds. The number of rotatable bonds is 5. The Labute approximate surface area is 189 Å². The van der Waals surface area contributed by atoms with Gasteiger partial charge in [-0.1, -0.05) is 0 Å². The van der Waals surface area contributed by atoms with Crippen molar-refractivity contribution in [2.45, 2.75) is 45.7 Å². The molecule has 0 bridgehead atoms. The number of hydrogen-bond acceptors (Lipinski definition) is 6. The molecule has 0 aliphatic carbocycles. The number of carbonyl (C=O) groups excluding carboxylic acids is 2. The fraction of sp³-hybridized carbons (Fsp3) is 0.667. The van der Waals surface area contributed by atoms with E-state index < -0.39 is 12.0 Å². The molecule has 2 aromatic heterocycles. The highest BCUT2D eigenvalue weighted by Gasteiger charge is 2.37. The van der Waals surface area contributed by atoms with E-state index in [0.717, 1.165) is 30.4 Å². The molecule has 0 unspecified atom stereocenters. The van der Waals surface area contributed by atoms with Crippen LogP contribution in [-0.2, 0) is 22.2 Å². The van der Waals surface area contributed by atoms with Crippen molar-refractivity contribution in [3.63, 3.8) is 0 Å². The van der Waals surface area contributed by atoms with Gasteiger partial charge in [0.1, 0.15) is 0 Å². The molecule has 4 heterocycles. The maximum Gasteiger partial charge on any atom is 0.453 e. The number of likely N-dealkylation sites (tertiary alicyclic amines) is 1. The first kappa shape index (κ1) is 23.4. The summed E-state index contributed by atoms with van der Waals surface area (Å²) >= 11 is 0. The lowest BCUT2D eigenvalue weighted by molar-refractivity contribution is -0.144. The van der Waals surface area contributed by atoms with Crippen molar-refractivity contribution in [2.24, 2.45) is 0 Å². The van der Waals surface area contributed by atoms with E-state index in [2.05, 4.69) is 20.0 Å². The number of amides is 2. The number of halogens is 3. The van der Waals surface area contributed by atoms with Gasteiger partial charge in [0.25, 0.3) is 11.6 Å². The zero-order valence-electron chi connectivity index (χ0n) is 18.9. The highest BCUT2D eigenvalue weighted by atomic mass is 19.4. The van der Waals surface area contributed by atoms with Gasteiger partial charge in [0.15, 0.2) is 0 Å².